The summed E-state index contributed by atoms with van der Waals surface area (Å²) in [5.41, 5.74) is 0. The quantitative estimate of drug-likeness (QED) is 0.673. The molecule has 2 rings (SSSR count). The van der Waals surface area contributed by atoms with Gasteiger partial charge in [-0.2, -0.15) is 0 Å². The zero-order valence-corrected chi connectivity index (χ0v) is 9.10. The molecule has 1 aliphatic rings. The second-order valence-corrected chi connectivity index (χ2v) is 5.10. The highest BCUT2D eigenvalue weighted by Gasteiger charge is 2.41. The van der Waals surface area contributed by atoms with Crippen molar-refractivity contribution in [2.45, 2.75) is 23.2 Å². The summed E-state index contributed by atoms with van der Waals surface area (Å²) in [5.74, 6) is -0.0356. The van der Waals surface area contributed by atoms with Crippen LogP contribution in [0.1, 0.15) is 12.2 Å². The van der Waals surface area contributed by atoms with Crippen LogP contribution in [0.2, 0.25) is 0 Å². The first-order chi connectivity index (χ1) is 7.10. The highest BCUT2D eigenvalue weighted by atomic mass is 32.2. The van der Waals surface area contributed by atoms with Crippen LogP contribution in [-0.4, -0.2) is 44.1 Å². The maximum Gasteiger partial charge on any atom is 0.304 e. The number of thioether (sulfide) groups is 1. The van der Waals surface area contributed by atoms with E-state index >= 15 is 0 Å². The van der Waals surface area contributed by atoms with Crippen molar-refractivity contribution in [2.24, 2.45) is 0 Å². The van der Waals surface area contributed by atoms with Crippen molar-refractivity contribution >= 4 is 17.7 Å². The van der Waals surface area contributed by atoms with Crippen molar-refractivity contribution in [2.75, 3.05) is 13.1 Å². The molecule has 0 radical (unpaired) electrons. The molecule has 1 aromatic heterocycles. The Labute approximate surface area is 90.9 Å². The van der Waals surface area contributed by atoms with Crippen LogP contribution in [0.5, 0.6) is 0 Å². The summed E-state index contributed by atoms with van der Waals surface area (Å²) in [4.78, 5) is 14.9. The van der Waals surface area contributed by atoms with E-state index < -0.39 is 5.97 Å². The van der Waals surface area contributed by atoms with Gasteiger partial charge in [0.05, 0.1) is 11.2 Å². The molecule has 6 nitrogen and oxygen atoms in total. The lowest BCUT2D eigenvalue weighted by atomic mass is 9.98. The zero-order valence-electron chi connectivity index (χ0n) is 8.28. The normalized spacial score (nSPS) is 18.5. The van der Waals surface area contributed by atoms with Gasteiger partial charge in [-0.25, -0.2) is 4.98 Å². The number of hydrogen-bond donors (Lipinski definition) is 3. The molecule has 2 heterocycles. The Morgan fingerprint density at radius 3 is 2.80 bits per heavy atom. The number of carboxylic acid groups (broad SMARTS) is 1. The summed E-state index contributed by atoms with van der Waals surface area (Å²) in [5, 5.41) is 19.3. The Hall–Kier alpha value is -1.08. The molecular weight excluding hydrogens is 216 g/mol. The van der Waals surface area contributed by atoms with Gasteiger partial charge in [-0.1, -0.05) is 11.8 Å². The number of nitrogens with one attached hydrogen (secondary N) is 2. The monoisotopic (exact) mass is 228 g/mol. The molecule has 1 saturated heterocycles. The van der Waals surface area contributed by atoms with Crippen molar-refractivity contribution in [3.63, 3.8) is 0 Å². The highest BCUT2D eigenvalue weighted by molar-refractivity contribution is 8.00. The third kappa shape index (κ3) is 2.29. The number of aryl methyl sites for hydroxylation is 1. The third-order valence-corrected chi connectivity index (χ3v) is 3.48. The van der Waals surface area contributed by atoms with Crippen LogP contribution in [0, 0.1) is 6.92 Å². The van der Waals surface area contributed by atoms with Gasteiger partial charge in [0.15, 0.2) is 0 Å². The molecule has 0 atom stereocenters. The van der Waals surface area contributed by atoms with Gasteiger partial charge in [0, 0.05) is 13.1 Å². The van der Waals surface area contributed by atoms with Gasteiger partial charge < -0.3 is 10.4 Å². The lowest BCUT2D eigenvalue weighted by Crippen LogP contribution is -2.58. The van der Waals surface area contributed by atoms with Gasteiger partial charge in [0.25, 0.3) is 0 Å². The second-order valence-electron chi connectivity index (χ2n) is 3.66. The van der Waals surface area contributed by atoms with Crippen molar-refractivity contribution in [3.8, 4) is 0 Å². The first-order valence-corrected chi connectivity index (χ1v) is 5.42. The van der Waals surface area contributed by atoms with E-state index in [1.54, 1.807) is 0 Å². The van der Waals surface area contributed by atoms with Gasteiger partial charge in [-0.05, 0) is 6.92 Å². The molecular formula is C8H12N4O2S. The Morgan fingerprint density at radius 1 is 1.67 bits per heavy atom. The molecule has 7 heteroatoms. The van der Waals surface area contributed by atoms with Gasteiger partial charge in [0.1, 0.15) is 5.82 Å². The molecule has 0 spiro atoms. The lowest BCUT2D eigenvalue weighted by Gasteiger charge is -2.39. The van der Waals surface area contributed by atoms with Crippen molar-refractivity contribution in [3.05, 3.63) is 5.82 Å². The van der Waals surface area contributed by atoms with E-state index in [4.69, 9.17) is 5.11 Å². The van der Waals surface area contributed by atoms with Gasteiger partial charge in [-0.3, -0.25) is 9.89 Å². The number of nitrogens with zero attached hydrogens (tertiary/aromatic N) is 2. The fourth-order valence-electron chi connectivity index (χ4n) is 1.47. The third-order valence-electron chi connectivity index (χ3n) is 2.25. The summed E-state index contributed by atoms with van der Waals surface area (Å²) < 4.78 is -0.277. The van der Waals surface area contributed by atoms with Crippen molar-refractivity contribution < 1.29 is 9.90 Å². The van der Waals surface area contributed by atoms with Crippen molar-refractivity contribution in [1.82, 2.24) is 20.5 Å². The number of carbonyl (C=O) groups is 1. The molecule has 0 saturated carbocycles. The fourth-order valence-corrected chi connectivity index (χ4v) is 2.68. The number of H-pyrrole nitrogens is 1. The maximum atomic E-state index is 10.7. The largest absolute Gasteiger partial charge is 0.481 e. The van der Waals surface area contributed by atoms with Crippen LogP contribution < -0.4 is 5.32 Å². The summed E-state index contributed by atoms with van der Waals surface area (Å²) in [6, 6.07) is 0. The lowest BCUT2D eigenvalue weighted by molar-refractivity contribution is -0.138. The number of aromatic amines is 1. The molecule has 3 N–H and O–H groups in total. The SMILES string of the molecule is Cc1nc(SC2(CC(=O)O)CNC2)n[nH]1. The predicted octanol–water partition coefficient (Wildman–Crippen LogP) is 0.0219. The highest BCUT2D eigenvalue weighted by Crippen LogP contribution is 2.36. The number of aliphatic carboxylic acids is 1. The van der Waals surface area contributed by atoms with Crippen LogP contribution in [0.15, 0.2) is 5.16 Å². The summed E-state index contributed by atoms with van der Waals surface area (Å²) in [7, 11) is 0. The molecule has 0 aliphatic carbocycles. The van der Waals surface area contributed by atoms with E-state index in [0.717, 1.165) is 5.82 Å². The van der Waals surface area contributed by atoms with Crippen LogP contribution in [0.25, 0.3) is 0 Å². The molecule has 1 aliphatic heterocycles. The molecule has 0 bridgehead atoms. The summed E-state index contributed by atoms with van der Waals surface area (Å²) in [6.07, 6.45) is 0.137. The molecule has 82 valence electrons. The molecule has 15 heavy (non-hydrogen) atoms. The van der Waals surface area contributed by atoms with Crippen LogP contribution in [-0.2, 0) is 4.79 Å². The van der Waals surface area contributed by atoms with E-state index in [-0.39, 0.29) is 11.2 Å². The zero-order chi connectivity index (χ0) is 10.9. The van der Waals surface area contributed by atoms with E-state index in [2.05, 4.69) is 20.5 Å². The second kappa shape index (κ2) is 3.82. The van der Waals surface area contributed by atoms with E-state index in [1.807, 2.05) is 6.92 Å². The Kier molecular flexibility index (Phi) is 2.66. The number of carboxylic acids is 1. The van der Waals surface area contributed by atoms with Gasteiger partial charge in [-0.15, -0.1) is 5.10 Å². The van der Waals surface area contributed by atoms with Gasteiger partial charge in [0.2, 0.25) is 5.16 Å². The van der Waals surface area contributed by atoms with Crippen LogP contribution in [0.4, 0.5) is 0 Å². The molecule has 1 fully saturated rings. The molecule has 0 unspecified atom stereocenters. The smallest absolute Gasteiger partial charge is 0.304 e. The Balaban J connectivity index is 2.04. The van der Waals surface area contributed by atoms with Crippen LogP contribution >= 0.6 is 11.8 Å². The Morgan fingerprint density at radius 2 is 2.40 bits per heavy atom. The average molecular weight is 228 g/mol. The number of hydrogen-bond acceptors (Lipinski definition) is 5. The maximum absolute atomic E-state index is 10.7. The van der Waals surface area contributed by atoms with E-state index in [1.165, 1.54) is 11.8 Å². The topological polar surface area (TPSA) is 90.9 Å². The van der Waals surface area contributed by atoms with E-state index in [0.29, 0.717) is 18.2 Å². The first kappa shape index (κ1) is 10.4. The van der Waals surface area contributed by atoms with Gasteiger partial charge >= 0.3 is 5.97 Å². The molecule has 0 aromatic carbocycles. The summed E-state index contributed by atoms with van der Waals surface area (Å²) >= 11 is 1.43. The average Bonchev–Trinajstić information content (AvgIpc) is 2.46. The van der Waals surface area contributed by atoms with E-state index in [9.17, 15) is 4.79 Å². The number of rotatable bonds is 4. The molecule has 1 aromatic rings. The predicted molar refractivity (Wildman–Crippen MR) is 54.8 cm³/mol. The van der Waals surface area contributed by atoms with Crippen LogP contribution in [0.3, 0.4) is 0 Å². The fraction of sp³-hybridized carbons (Fsp3) is 0.625. The number of aromatic nitrogens is 3. The summed E-state index contributed by atoms with van der Waals surface area (Å²) in [6.45, 7) is 3.20. The minimum atomic E-state index is -0.781. The minimum Gasteiger partial charge on any atom is -0.481 e. The molecule has 0 amide bonds. The van der Waals surface area contributed by atoms with Crippen molar-refractivity contribution in [1.29, 1.82) is 0 Å². The minimum absolute atomic E-state index is 0.137. The Bertz CT molecular complexity index is 374. The standard InChI is InChI=1S/C8H12N4O2S/c1-5-10-7(12-11-5)15-8(2-6(13)14)3-9-4-8/h9H,2-4H2,1H3,(H,13,14)(H,10,11,12). The first-order valence-electron chi connectivity index (χ1n) is 4.60.